The van der Waals surface area contributed by atoms with Crippen LogP contribution in [0.2, 0.25) is 0 Å². The molecule has 0 bridgehead atoms. The van der Waals surface area contributed by atoms with Crippen LogP contribution in [0, 0.1) is 11.8 Å². The highest BCUT2D eigenvalue weighted by atomic mass is 79.9. The lowest BCUT2D eigenvalue weighted by atomic mass is 9.81. The topological polar surface area (TPSA) is 66.4 Å². The van der Waals surface area contributed by atoms with Crippen LogP contribution in [-0.4, -0.2) is 23.5 Å². The fourth-order valence-electron chi connectivity index (χ4n) is 3.59. The van der Waals surface area contributed by atoms with Gasteiger partial charge in [-0.3, -0.25) is 9.59 Å². The van der Waals surface area contributed by atoms with E-state index in [1.807, 2.05) is 18.2 Å². The monoisotopic (exact) mass is 379 g/mol. The van der Waals surface area contributed by atoms with Crippen LogP contribution < -0.4 is 5.32 Å². The van der Waals surface area contributed by atoms with Gasteiger partial charge in [0.1, 0.15) is 0 Å². The van der Waals surface area contributed by atoms with Crippen LogP contribution in [0.25, 0.3) is 0 Å². The summed E-state index contributed by atoms with van der Waals surface area (Å²) in [4.78, 5) is 23.4. The maximum atomic E-state index is 12.4. The van der Waals surface area contributed by atoms with E-state index in [2.05, 4.69) is 27.3 Å². The zero-order valence-corrected chi connectivity index (χ0v) is 14.6. The van der Waals surface area contributed by atoms with Gasteiger partial charge >= 0.3 is 5.97 Å². The molecule has 2 saturated carbocycles. The number of carbonyl (C=O) groups is 2. The van der Waals surface area contributed by atoms with E-state index >= 15 is 0 Å². The minimum Gasteiger partial charge on any atom is -0.481 e. The summed E-state index contributed by atoms with van der Waals surface area (Å²) in [6, 6.07) is 8.21. The molecule has 0 heterocycles. The van der Waals surface area contributed by atoms with Crippen molar-refractivity contribution in [3.05, 3.63) is 34.3 Å². The van der Waals surface area contributed by atoms with E-state index in [9.17, 15) is 9.59 Å². The van der Waals surface area contributed by atoms with Gasteiger partial charge in [0, 0.05) is 22.4 Å². The third kappa shape index (κ3) is 3.60. The summed E-state index contributed by atoms with van der Waals surface area (Å²) < 4.78 is 1.11. The first kappa shape index (κ1) is 16.5. The molecular formula is C18H22BrNO3. The molecule has 2 fully saturated rings. The molecule has 4 nitrogen and oxygen atoms in total. The number of carbonyl (C=O) groups excluding carboxylic acids is 1. The highest BCUT2D eigenvalue weighted by Crippen LogP contribution is 2.50. The van der Waals surface area contributed by atoms with Crippen LogP contribution >= 0.6 is 15.9 Å². The number of aliphatic carboxylic acids is 1. The van der Waals surface area contributed by atoms with Crippen LogP contribution in [0.3, 0.4) is 0 Å². The number of benzene rings is 1. The number of halogens is 1. The maximum Gasteiger partial charge on any atom is 0.306 e. The van der Waals surface area contributed by atoms with E-state index < -0.39 is 5.97 Å². The molecule has 124 valence electrons. The number of carboxylic acid groups (broad SMARTS) is 1. The Kier molecular flexibility index (Phi) is 4.76. The lowest BCUT2D eigenvalue weighted by Gasteiger charge is -2.26. The molecule has 0 aliphatic heterocycles. The predicted octanol–water partition coefficient (Wildman–Crippen LogP) is 3.49. The molecular weight excluding hydrogens is 358 g/mol. The molecule has 2 N–H and O–H groups in total. The maximum absolute atomic E-state index is 12.4. The molecule has 3 rings (SSSR count). The van der Waals surface area contributed by atoms with Crippen molar-refractivity contribution in [2.75, 3.05) is 6.54 Å². The van der Waals surface area contributed by atoms with E-state index in [0.717, 1.165) is 17.3 Å². The fourth-order valence-corrected chi connectivity index (χ4v) is 4.29. The summed E-state index contributed by atoms with van der Waals surface area (Å²) in [7, 11) is 0. The van der Waals surface area contributed by atoms with Gasteiger partial charge in [0.05, 0.1) is 5.92 Å². The molecule has 5 heteroatoms. The zero-order valence-electron chi connectivity index (χ0n) is 13.1. The summed E-state index contributed by atoms with van der Waals surface area (Å²) in [6.45, 7) is 0.674. The van der Waals surface area contributed by atoms with Crippen molar-refractivity contribution in [1.29, 1.82) is 0 Å². The minimum atomic E-state index is -0.727. The summed E-state index contributed by atoms with van der Waals surface area (Å²) in [5.41, 5.74) is 1.35. The first-order valence-electron chi connectivity index (χ1n) is 8.27. The number of amides is 1. The van der Waals surface area contributed by atoms with E-state index in [1.54, 1.807) is 0 Å². The van der Waals surface area contributed by atoms with Gasteiger partial charge in [-0.1, -0.05) is 34.1 Å². The second kappa shape index (κ2) is 6.63. The lowest BCUT2D eigenvalue weighted by Crippen LogP contribution is -2.38. The summed E-state index contributed by atoms with van der Waals surface area (Å²) >= 11 is 3.61. The van der Waals surface area contributed by atoms with Gasteiger partial charge in [-0.2, -0.15) is 0 Å². The molecule has 23 heavy (non-hydrogen) atoms. The zero-order chi connectivity index (χ0) is 16.4. The van der Waals surface area contributed by atoms with Crippen LogP contribution in [0.15, 0.2) is 28.7 Å². The summed E-state index contributed by atoms with van der Waals surface area (Å²) in [6.07, 6.45) is 4.80. The van der Waals surface area contributed by atoms with Gasteiger partial charge in [0.25, 0.3) is 0 Å². The van der Waals surface area contributed by atoms with Crippen molar-refractivity contribution in [2.45, 2.75) is 43.9 Å². The van der Waals surface area contributed by atoms with E-state index in [4.69, 9.17) is 5.11 Å². The number of rotatable bonds is 5. The molecule has 0 radical (unpaired) electrons. The van der Waals surface area contributed by atoms with Gasteiger partial charge in [-0.25, -0.2) is 0 Å². The van der Waals surface area contributed by atoms with Crippen molar-refractivity contribution in [1.82, 2.24) is 5.32 Å². The molecule has 0 spiro atoms. The van der Waals surface area contributed by atoms with Crippen LogP contribution in [-0.2, 0) is 15.0 Å². The molecule has 1 amide bonds. The second-order valence-corrected chi connectivity index (χ2v) is 7.72. The highest BCUT2D eigenvalue weighted by Gasteiger charge is 2.45. The van der Waals surface area contributed by atoms with Crippen molar-refractivity contribution < 1.29 is 14.7 Å². The summed E-state index contributed by atoms with van der Waals surface area (Å²) in [5.74, 6) is -0.934. The highest BCUT2D eigenvalue weighted by molar-refractivity contribution is 9.10. The van der Waals surface area contributed by atoms with Crippen molar-refractivity contribution in [3.63, 3.8) is 0 Å². The SMILES string of the molecule is O=C(O)C1CCC(C(=O)NCC2(c3ccccc3Br)CC2)CC1. The summed E-state index contributed by atoms with van der Waals surface area (Å²) in [5, 5.41) is 12.1. The Morgan fingerprint density at radius 1 is 1.13 bits per heavy atom. The minimum absolute atomic E-state index is 0.0272. The normalized spacial score (nSPS) is 25.6. The Bertz CT molecular complexity index is 604. The van der Waals surface area contributed by atoms with Gasteiger partial charge in [-0.05, 0) is 50.2 Å². The van der Waals surface area contributed by atoms with E-state index in [0.29, 0.717) is 32.2 Å². The predicted molar refractivity (Wildman–Crippen MR) is 91.1 cm³/mol. The third-order valence-electron chi connectivity index (χ3n) is 5.35. The molecule has 0 unspecified atom stereocenters. The van der Waals surface area contributed by atoms with Crippen molar-refractivity contribution >= 4 is 27.8 Å². The molecule has 0 atom stereocenters. The molecule has 1 aromatic carbocycles. The number of carboxylic acids is 1. The lowest BCUT2D eigenvalue weighted by molar-refractivity contribution is -0.144. The third-order valence-corrected chi connectivity index (χ3v) is 6.04. The van der Waals surface area contributed by atoms with Gasteiger partial charge < -0.3 is 10.4 Å². The molecule has 0 aromatic heterocycles. The first-order valence-corrected chi connectivity index (χ1v) is 9.07. The average Bonchev–Trinajstić information content (AvgIpc) is 3.34. The standard InChI is InChI=1S/C18H22BrNO3/c19-15-4-2-1-3-14(15)18(9-10-18)11-20-16(21)12-5-7-13(8-6-12)17(22)23/h1-4,12-13H,5-11H2,(H,20,21)(H,22,23). The van der Waals surface area contributed by atoms with Crippen molar-refractivity contribution in [2.24, 2.45) is 11.8 Å². The largest absolute Gasteiger partial charge is 0.481 e. The Morgan fingerprint density at radius 2 is 1.74 bits per heavy atom. The number of hydrogen-bond acceptors (Lipinski definition) is 2. The average molecular weight is 380 g/mol. The molecule has 2 aliphatic carbocycles. The van der Waals surface area contributed by atoms with Gasteiger partial charge in [-0.15, -0.1) is 0 Å². The smallest absolute Gasteiger partial charge is 0.306 e. The Hall–Kier alpha value is -1.36. The van der Waals surface area contributed by atoms with E-state index in [1.165, 1.54) is 5.56 Å². The van der Waals surface area contributed by atoms with Gasteiger partial charge in [0.2, 0.25) is 5.91 Å². The molecule has 0 saturated heterocycles. The first-order chi connectivity index (χ1) is 11.0. The number of hydrogen-bond donors (Lipinski definition) is 2. The van der Waals surface area contributed by atoms with Crippen molar-refractivity contribution in [3.8, 4) is 0 Å². The molecule has 1 aromatic rings. The van der Waals surface area contributed by atoms with Crippen LogP contribution in [0.1, 0.15) is 44.1 Å². The Labute approximate surface area is 144 Å². The quantitative estimate of drug-likeness (QED) is 0.822. The second-order valence-electron chi connectivity index (χ2n) is 6.86. The Morgan fingerprint density at radius 3 is 2.30 bits per heavy atom. The fraction of sp³-hybridized carbons (Fsp3) is 0.556. The van der Waals surface area contributed by atoms with E-state index in [-0.39, 0.29) is 23.2 Å². The number of nitrogens with one attached hydrogen (secondary N) is 1. The van der Waals surface area contributed by atoms with Crippen LogP contribution in [0.4, 0.5) is 0 Å². The van der Waals surface area contributed by atoms with Crippen LogP contribution in [0.5, 0.6) is 0 Å². The van der Waals surface area contributed by atoms with Gasteiger partial charge in [0.15, 0.2) is 0 Å². The Balaban J connectivity index is 1.54. The molecule has 2 aliphatic rings.